The van der Waals surface area contributed by atoms with Crippen LogP contribution in [-0.2, 0) is 14.3 Å². The number of carbonyl (C=O) groups is 2. The Kier molecular flexibility index (Phi) is 9.52. The van der Waals surface area contributed by atoms with E-state index in [1.54, 1.807) is 38.3 Å². The molecule has 0 unspecified atom stereocenters. The maximum Gasteiger partial charge on any atom is 0.338 e. The van der Waals surface area contributed by atoms with E-state index < -0.39 is 18.0 Å². The van der Waals surface area contributed by atoms with Gasteiger partial charge in [0.1, 0.15) is 0 Å². The van der Waals surface area contributed by atoms with Crippen LogP contribution in [0.2, 0.25) is 0 Å². The van der Waals surface area contributed by atoms with E-state index in [1.165, 1.54) is 37.0 Å². The summed E-state index contributed by atoms with van der Waals surface area (Å²) in [6, 6.07) is 9.49. The molecule has 1 atom stereocenters. The first kappa shape index (κ1) is 30.6. The van der Waals surface area contributed by atoms with Crippen LogP contribution in [0.15, 0.2) is 57.5 Å². The average Bonchev–Trinajstić information content (AvgIpc) is 3.26. The van der Waals surface area contributed by atoms with Gasteiger partial charge in [-0.1, -0.05) is 37.3 Å². The fourth-order valence-corrected chi connectivity index (χ4v) is 5.60. The van der Waals surface area contributed by atoms with Crippen LogP contribution in [0.5, 0.6) is 23.0 Å². The SMILES string of the molecule is COC(=O)C1=C(C)N=c2s/c(=C/c3ccc(OCCC(C)C)c(OC)c3)c(=O)n2[C@H]1c1ccc(OC(C)=O)c(OC)c1. The lowest BCUT2D eigenvalue weighted by Gasteiger charge is -2.25. The molecular formula is C31H34N2O8S. The fraction of sp³-hybridized carbons (Fsp3) is 0.355. The molecule has 0 fully saturated rings. The van der Waals surface area contributed by atoms with Gasteiger partial charge in [0.25, 0.3) is 5.56 Å². The number of benzene rings is 2. The minimum absolute atomic E-state index is 0.211. The standard InChI is InChI=1S/C31H34N2O8S/c1-17(2)12-13-40-22-10-8-20(14-24(22)37-5)15-26-29(35)33-28(27(30(36)39-7)18(3)32-31(33)42-26)21-9-11-23(41-19(4)34)25(16-21)38-6/h8-11,14-17,28H,12-13H2,1-7H3/b26-15+/t28-/m0/s1. The zero-order chi connectivity index (χ0) is 30.6. The third-order valence-corrected chi connectivity index (χ3v) is 7.61. The molecule has 0 radical (unpaired) electrons. The van der Waals surface area contributed by atoms with E-state index in [-0.39, 0.29) is 22.6 Å². The molecule has 0 saturated carbocycles. The van der Waals surface area contributed by atoms with E-state index in [2.05, 4.69) is 18.8 Å². The minimum Gasteiger partial charge on any atom is -0.493 e. The second-order valence-electron chi connectivity index (χ2n) is 10.0. The number of rotatable bonds is 10. The van der Waals surface area contributed by atoms with E-state index in [0.717, 1.165) is 12.0 Å². The number of aromatic nitrogens is 1. The Morgan fingerprint density at radius 3 is 2.36 bits per heavy atom. The lowest BCUT2D eigenvalue weighted by atomic mass is 9.95. The van der Waals surface area contributed by atoms with Crippen LogP contribution >= 0.6 is 11.3 Å². The summed E-state index contributed by atoms with van der Waals surface area (Å²) in [4.78, 5) is 43.5. The van der Waals surface area contributed by atoms with Crippen molar-refractivity contribution in [2.24, 2.45) is 10.9 Å². The van der Waals surface area contributed by atoms with Gasteiger partial charge in [0.2, 0.25) is 0 Å². The van der Waals surface area contributed by atoms with Gasteiger partial charge in [-0.15, -0.1) is 0 Å². The van der Waals surface area contributed by atoms with Gasteiger partial charge < -0.3 is 23.7 Å². The van der Waals surface area contributed by atoms with Gasteiger partial charge in [-0.25, -0.2) is 9.79 Å². The highest BCUT2D eigenvalue weighted by atomic mass is 32.1. The number of thiazole rings is 1. The van der Waals surface area contributed by atoms with E-state index in [9.17, 15) is 14.4 Å². The molecule has 4 rings (SSSR count). The summed E-state index contributed by atoms with van der Waals surface area (Å²) in [6.07, 6.45) is 2.67. The van der Waals surface area contributed by atoms with Crippen molar-refractivity contribution in [2.45, 2.75) is 40.2 Å². The first-order valence-electron chi connectivity index (χ1n) is 13.4. The largest absolute Gasteiger partial charge is 0.493 e. The quantitative estimate of drug-likeness (QED) is 0.257. The Morgan fingerprint density at radius 2 is 1.71 bits per heavy atom. The Bertz CT molecular complexity index is 1720. The van der Waals surface area contributed by atoms with Crippen molar-refractivity contribution in [3.05, 3.63) is 78.5 Å². The predicted molar refractivity (Wildman–Crippen MR) is 158 cm³/mol. The zero-order valence-corrected chi connectivity index (χ0v) is 25.5. The summed E-state index contributed by atoms with van der Waals surface area (Å²) in [5.41, 5.74) is 1.59. The average molecular weight is 595 g/mol. The summed E-state index contributed by atoms with van der Waals surface area (Å²) < 4.78 is 29.1. The van der Waals surface area contributed by atoms with Gasteiger partial charge in [0.05, 0.1) is 49.8 Å². The van der Waals surface area contributed by atoms with Crippen LogP contribution in [0.4, 0.5) is 0 Å². The summed E-state index contributed by atoms with van der Waals surface area (Å²) >= 11 is 1.21. The summed E-state index contributed by atoms with van der Waals surface area (Å²) in [6.45, 7) is 7.82. The van der Waals surface area contributed by atoms with Gasteiger partial charge in [0.15, 0.2) is 27.8 Å². The Morgan fingerprint density at radius 1 is 1.02 bits per heavy atom. The molecule has 0 spiro atoms. The predicted octanol–water partition coefficient (Wildman–Crippen LogP) is 3.78. The summed E-state index contributed by atoms with van der Waals surface area (Å²) in [5, 5.41) is 0. The van der Waals surface area contributed by atoms with Crippen molar-refractivity contribution in [1.29, 1.82) is 0 Å². The van der Waals surface area contributed by atoms with Gasteiger partial charge >= 0.3 is 11.9 Å². The number of allylic oxidation sites excluding steroid dienone is 1. The molecule has 0 aliphatic carbocycles. The maximum absolute atomic E-state index is 13.9. The normalized spacial score (nSPS) is 14.8. The van der Waals surface area contributed by atoms with Gasteiger partial charge in [-0.05, 0) is 60.7 Å². The molecule has 1 aliphatic rings. The van der Waals surface area contributed by atoms with Crippen LogP contribution in [0.1, 0.15) is 51.3 Å². The Labute approximate surface area is 247 Å². The summed E-state index contributed by atoms with van der Waals surface area (Å²) in [5.74, 6) is 1.06. The lowest BCUT2D eigenvalue weighted by molar-refractivity contribution is -0.136. The van der Waals surface area contributed by atoms with Crippen LogP contribution in [0.3, 0.4) is 0 Å². The molecule has 42 heavy (non-hydrogen) atoms. The van der Waals surface area contributed by atoms with Crippen molar-refractivity contribution in [2.75, 3.05) is 27.9 Å². The third kappa shape index (κ3) is 6.41. The molecule has 2 aromatic carbocycles. The number of fused-ring (bicyclic) bond motifs is 1. The number of hydrogen-bond donors (Lipinski definition) is 0. The van der Waals surface area contributed by atoms with Gasteiger partial charge in [-0.3, -0.25) is 14.2 Å². The molecular weight excluding hydrogens is 560 g/mol. The second-order valence-corrected chi connectivity index (χ2v) is 11.0. The van der Waals surface area contributed by atoms with Crippen molar-refractivity contribution >= 4 is 29.4 Å². The van der Waals surface area contributed by atoms with Crippen molar-refractivity contribution < 1.29 is 33.3 Å². The summed E-state index contributed by atoms with van der Waals surface area (Å²) in [7, 11) is 4.29. The number of esters is 2. The smallest absolute Gasteiger partial charge is 0.338 e. The highest BCUT2D eigenvalue weighted by molar-refractivity contribution is 7.07. The molecule has 2 heterocycles. The zero-order valence-electron chi connectivity index (χ0n) is 24.7. The van der Waals surface area contributed by atoms with E-state index in [4.69, 9.17) is 23.7 Å². The van der Waals surface area contributed by atoms with Crippen molar-refractivity contribution in [3.8, 4) is 23.0 Å². The molecule has 1 aromatic heterocycles. The monoisotopic (exact) mass is 594 g/mol. The molecule has 222 valence electrons. The van der Waals surface area contributed by atoms with Crippen LogP contribution in [0, 0.1) is 5.92 Å². The lowest BCUT2D eigenvalue weighted by Crippen LogP contribution is -2.39. The molecule has 0 saturated heterocycles. The topological polar surface area (TPSA) is 115 Å². The van der Waals surface area contributed by atoms with Crippen LogP contribution < -0.4 is 33.8 Å². The number of carbonyl (C=O) groups excluding carboxylic acids is 2. The maximum atomic E-state index is 13.9. The first-order chi connectivity index (χ1) is 20.1. The fourth-order valence-electron chi connectivity index (χ4n) is 4.55. The Balaban J connectivity index is 1.83. The van der Waals surface area contributed by atoms with Gasteiger partial charge in [0, 0.05) is 6.92 Å². The number of hydrogen-bond acceptors (Lipinski definition) is 10. The van der Waals surface area contributed by atoms with E-state index >= 15 is 0 Å². The second kappa shape index (κ2) is 13.1. The highest BCUT2D eigenvalue weighted by Gasteiger charge is 2.33. The van der Waals surface area contributed by atoms with Crippen molar-refractivity contribution in [3.63, 3.8) is 0 Å². The Hall–Kier alpha value is -4.38. The number of ether oxygens (including phenoxy) is 5. The molecule has 0 amide bonds. The first-order valence-corrected chi connectivity index (χ1v) is 14.2. The van der Waals surface area contributed by atoms with E-state index in [1.807, 2.05) is 18.2 Å². The molecule has 10 nitrogen and oxygen atoms in total. The molecule has 11 heteroatoms. The van der Waals surface area contributed by atoms with Crippen molar-refractivity contribution in [1.82, 2.24) is 4.57 Å². The minimum atomic E-state index is -0.859. The van der Waals surface area contributed by atoms with Crippen LogP contribution in [-0.4, -0.2) is 44.4 Å². The number of nitrogens with zero attached hydrogens (tertiary/aromatic N) is 2. The van der Waals surface area contributed by atoms with Crippen LogP contribution in [0.25, 0.3) is 6.08 Å². The highest BCUT2D eigenvalue weighted by Crippen LogP contribution is 2.36. The molecule has 0 bridgehead atoms. The van der Waals surface area contributed by atoms with Gasteiger partial charge in [-0.2, -0.15) is 0 Å². The third-order valence-electron chi connectivity index (χ3n) is 6.62. The molecule has 3 aromatic rings. The number of methoxy groups -OCH3 is 3. The molecule has 0 N–H and O–H groups in total. The molecule has 1 aliphatic heterocycles. The van der Waals surface area contributed by atoms with E-state index in [0.29, 0.717) is 44.6 Å².